The van der Waals surface area contributed by atoms with E-state index in [-0.39, 0.29) is 28.9 Å². The number of carbonyl (C=O) groups is 2. The van der Waals surface area contributed by atoms with Crippen LogP contribution in [0.4, 0.5) is 17.2 Å². The Hall–Kier alpha value is -3.66. The van der Waals surface area contributed by atoms with Gasteiger partial charge < -0.3 is 25.6 Å². The summed E-state index contributed by atoms with van der Waals surface area (Å²) in [6.07, 6.45) is 4.65. The molecule has 2 amide bonds. The first-order valence-electron chi connectivity index (χ1n) is 12.1. The summed E-state index contributed by atoms with van der Waals surface area (Å²) in [6, 6.07) is 5.16. The van der Waals surface area contributed by atoms with Crippen LogP contribution in [0.25, 0.3) is 10.9 Å². The predicted octanol–water partition coefficient (Wildman–Crippen LogP) is 2.45. The highest BCUT2D eigenvalue weighted by Crippen LogP contribution is 2.37. The number of nitrogens with zero attached hydrogens (tertiary/aromatic N) is 4. The predicted molar refractivity (Wildman–Crippen MR) is 127 cm³/mol. The molecule has 0 unspecified atom stereocenters. The summed E-state index contributed by atoms with van der Waals surface area (Å²) in [7, 11) is 5.49. The first-order chi connectivity index (χ1) is 17.1. The van der Waals surface area contributed by atoms with Gasteiger partial charge in [-0.1, -0.05) is 0 Å². The summed E-state index contributed by atoms with van der Waals surface area (Å²) in [4.78, 5) is 31.2. The van der Waals surface area contributed by atoms with Gasteiger partial charge in [0.2, 0.25) is 5.91 Å². The molecule has 1 aliphatic rings. The molecule has 0 aliphatic heterocycles. The van der Waals surface area contributed by atoms with Crippen molar-refractivity contribution in [1.82, 2.24) is 25.0 Å². The zero-order valence-corrected chi connectivity index (χ0v) is 18.8. The fourth-order valence-electron chi connectivity index (χ4n) is 3.51. The molecule has 174 valence electrons. The maximum atomic E-state index is 12.8. The van der Waals surface area contributed by atoms with Gasteiger partial charge in [-0.3, -0.25) is 14.3 Å². The summed E-state index contributed by atoms with van der Waals surface area (Å²) in [6.45, 7) is -1.27. The third-order valence-corrected chi connectivity index (χ3v) is 5.45. The topological polar surface area (TPSA) is 113 Å². The SMILES string of the molecule is [2H]C([2H])([2H])NC(=O)c1cnc(NC(=O)C2CC2)cc1Nc1ccc2cnn(CCN(C)C)c2c1OC. The van der Waals surface area contributed by atoms with Crippen molar-refractivity contribution in [2.24, 2.45) is 5.92 Å². The van der Waals surface area contributed by atoms with Crippen LogP contribution in [0.15, 0.2) is 30.6 Å². The van der Waals surface area contributed by atoms with Crippen molar-refractivity contribution in [3.05, 3.63) is 36.2 Å². The van der Waals surface area contributed by atoms with Crippen LogP contribution in [0.5, 0.6) is 5.75 Å². The number of nitrogens with one attached hydrogen (secondary N) is 3. The highest BCUT2D eigenvalue weighted by molar-refractivity contribution is 6.02. The largest absolute Gasteiger partial charge is 0.492 e. The van der Waals surface area contributed by atoms with Crippen molar-refractivity contribution >= 4 is 39.9 Å². The highest BCUT2D eigenvalue weighted by atomic mass is 16.5. The summed E-state index contributed by atoms with van der Waals surface area (Å²) in [5, 5.41) is 13.3. The Morgan fingerprint density at radius 1 is 1.27 bits per heavy atom. The van der Waals surface area contributed by atoms with Crippen molar-refractivity contribution < 1.29 is 18.4 Å². The van der Waals surface area contributed by atoms with Gasteiger partial charge in [0.25, 0.3) is 5.91 Å². The Kier molecular flexibility index (Phi) is 5.40. The number of aromatic nitrogens is 3. The molecule has 2 heterocycles. The van der Waals surface area contributed by atoms with E-state index in [1.807, 2.05) is 35.1 Å². The van der Waals surface area contributed by atoms with Gasteiger partial charge in [-0.15, -0.1) is 0 Å². The maximum Gasteiger partial charge on any atom is 0.254 e. The normalized spacial score (nSPS) is 15.0. The van der Waals surface area contributed by atoms with E-state index >= 15 is 0 Å². The van der Waals surface area contributed by atoms with Crippen molar-refractivity contribution in [2.75, 3.05) is 45.4 Å². The van der Waals surface area contributed by atoms with Gasteiger partial charge in [-0.2, -0.15) is 5.10 Å². The first kappa shape index (κ1) is 18.9. The number of fused-ring (bicyclic) bond motifs is 1. The van der Waals surface area contributed by atoms with E-state index in [4.69, 9.17) is 8.85 Å². The second-order valence-electron chi connectivity index (χ2n) is 8.21. The molecular weight excluding hydrogens is 422 g/mol. The van der Waals surface area contributed by atoms with E-state index in [9.17, 15) is 9.59 Å². The maximum absolute atomic E-state index is 12.8. The molecule has 0 atom stereocenters. The molecule has 10 heteroatoms. The van der Waals surface area contributed by atoms with E-state index in [2.05, 4.69) is 20.7 Å². The van der Waals surface area contributed by atoms with Crippen LogP contribution < -0.4 is 20.7 Å². The Morgan fingerprint density at radius 3 is 2.79 bits per heavy atom. The Balaban J connectivity index is 1.73. The molecule has 2 aromatic heterocycles. The lowest BCUT2D eigenvalue weighted by Gasteiger charge is -2.17. The molecule has 10 nitrogen and oxygen atoms in total. The van der Waals surface area contributed by atoms with Crippen LogP contribution >= 0.6 is 0 Å². The molecule has 0 spiro atoms. The van der Waals surface area contributed by atoms with Crippen LogP contribution in [0.3, 0.4) is 0 Å². The molecule has 1 saturated carbocycles. The number of hydrogen-bond acceptors (Lipinski definition) is 7. The van der Waals surface area contributed by atoms with E-state index in [0.29, 0.717) is 18.0 Å². The highest BCUT2D eigenvalue weighted by Gasteiger charge is 2.30. The third-order valence-electron chi connectivity index (χ3n) is 5.45. The van der Waals surface area contributed by atoms with Crippen LogP contribution in [0.2, 0.25) is 0 Å². The number of carbonyl (C=O) groups excluding carboxylic acids is 2. The number of benzene rings is 1. The van der Waals surface area contributed by atoms with Crippen LogP contribution in [0, 0.1) is 5.92 Å². The smallest absolute Gasteiger partial charge is 0.254 e. The van der Waals surface area contributed by atoms with Gasteiger partial charge in [0.05, 0.1) is 36.8 Å². The Morgan fingerprint density at radius 2 is 2.09 bits per heavy atom. The van der Waals surface area contributed by atoms with Gasteiger partial charge in [-0.05, 0) is 39.1 Å². The zero-order valence-electron chi connectivity index (χ0n) is 21.8. The number of pyridine rings is 1. The van der Waals surface area contributed by atoms with Gasteiger partial charge in [0, 0.05) is 41.2 Å². The molecule has 3 N–H and O–H groups in total. The Labute approximate surface area is 196 Å². The third kappa shape index (κ3) is 4.90. The molecule has 1 aromatic carbocycles. The molecule has 3 aromatic rings. The number of rotatable bonds is 9. The monoisotopic (exact) mass is 454 g/mol. The lowest BCUT2D eigenvalue weighted by Crippen LogP contribution is -2.20. The quantitative estimate of drug-likeness (QED) is 0.455. The minimum atomic E-state index is -2.68. The average Bonchev–Trinajstić information content (AvgIpc) is 3.57. The number of likely N-dealkylation sites (N-methyl/N-ethyl adjacent to an activating group) is 1. The van der Waals surface area contributed by atoms with Crippen LogP contribution in [-0.4, -0.2) is 66.2 Å². The van der Waals surface area contributed by atoms with Gasteiger partial charge in [0.1, 0.15) is 11.3 Å². The molecule has 0 saturated heterocycles. The standard InChI is InChI=1S/C23H29N7O3/c1-24-23(32)16-13-25-19(28-22(31)14-5-6-14)11-18(16)27-17-8-7-15-12-26-30(10-9-29(2)3)20(15)21(17)33-4/h7-8,11-14H,5-6,9-10H2,1-4H3,(H,24,32)(H2,25,27,28,31)/i1D3. The fraction of sp³-hybridized carbons (Fsp3) is 0.391. The molecule has 1 fully saturated rings. The number of anilines is 3. The van der Waals surface area contributed by atoms with Crippen molar-refractivity contribution in [3.8, 4) is 5.75 Å². The molecule has 0 bridgehead atoms. The van der Waals surface area contributed by atoms with Crippen molar-refractivity contribution in [2.45, 2.75) is 19.4 Å². The van der Waals surface area contributed by atoms with E-state index < -0.39 is 12.9 Å². The molecular formula is C23H29N7O3. The van der Waals surface area contributed by atoms with Crippen LogP contribution in [-0.2, 0) is 11.3 Å². The summed E-state index contributed by atoms with van der Waals surface area (Å²) >= 11 is 0. The number of hydrogen-bond donors (Lipinski definition) is 3. The molecule has 1 aliphatic carbocycles. The Bertz CT molecular complexity index is 1290. The van der Waals surface area contributed by atoms with E-state index in [0.717, 1.165) is 30.3 Å². The summed E-state index contributed by atoms with van der Waals surface area (Å²) < 4.78 is 29.8. The van der Waals surface area contributed by atoms with Gasteiger partial charge >= 0.3 is 0 Å². The fourth-order valence-corrected chi connectivity index (χ4v) is 3.51. The zero-order chi connectivity index (χ0) is 26.0. The lowest BCUT2D eigenvalue weighted by atomic mass is 10.1. The molecule has 33 heavy (non-hydrogen) atoms. The number of amides is 2. The molecule has 4 rings (SSSR count). The van der Waals surface area contributed by atoms with Crippen LogP contribution in [0.1, 0.15) is 27.3 Å². The second-order valence-corrected chi connectivity index (χ2v) is 8.21. The second kappa shape index (κ2) is 9.45. The molecule has 0 radical (unpaired) electrons. The minimum Gasteiger partial charge on any atom is -0.492 e. The van der Waals surface area contributed by atoms with Crippen molar-refractivity contribution in [1.29, 1.82) is 0 Å². The first-order valence-corrected chi connectivity index (χ1v) is 10.6. The van der Waals surface area contributed by atoms with Gasteiger partial charge in [-0.25, -0.2) is 4.98 Å². The van der Waals surface area contributed by atoms with Crippen molar-refractivity contribution in [3.63, 3.8) is 0 Å². The number of ether oxygens (including phenoxy) is 1. The summed E-state index contributed by atoms with van der Waals surface area (Å²) in [5.74, 6) is -0.257. The lowest BCUT2D eigenvalue weighted by molar-refractivity contribution is -0.117. The average molecular weight is 455 g/mol. The summed E-state index contributed by atoms with van der Waals surface area (Å²) in [5.41, 5.74) is 1.56. The number of methoxy groups -OCH3 is 1. The van der Waals surface area contributed by atoms with E-state index in [1.165, 1.54) is 12.3 Å². The van der Waals surface area contributed by atoms with Gasteiger partial charge in [0.15, 0.2) is 5.75 Å². The minimum absolute atomic E-state index is 0.00110. The van der Waals surface area contributed by atoms with E-state index in [1.54, 1.807) is 19.4 Å².